The van der Waals surface area contributed by atoms with Crippen LogP contribution < -0.4 is 0 Å². The third kappa shape index (κ3) is 12.1. The van der Waals surface area contributed by atoms with Crippen LogP contribution in [0.15, 0.2) is 23.3 Å². The molecule has 0 unspecified atom stereocenters. The van der Waals surface area contributed by atoms with Gasteiger partial charge in [-0.25, -0.2) is 0 Å². The van der Waals surface area contributed by atoms with Crippen LogP contribution in [-0.4, -0.2) is 14.9 Å². The van der Waals surface area contributed by atoms with E-state index in [-0.39, 0.29) is 0 Å². The SMILES string of the molecule is CCCC[Si](CCCC)(CCCC)OC/C=C(\C)CCC=C(C)C. The Morgan fingerprint density at radius 3 is 1.71 bits per heavy atom. The lowest BCUT2D eigenvalue weighted by Gasteiger charge is -2.31. The molecule has 0 saturated heterocycles. The lowest BCUT2D eigenvalue weighted by molar-refractivity contribution is 0.334. The number of rotatable bonds is 15. The molecule has 142 valence electrons. The molecule has 0 radical (unpaired) electrons. The van der Waals surface area contributed by atoms with Crippen molar-refractivity contribution in [2.45, 2.75) is 111 Å². The third-order valence-electron chi connectivity index (χ3n) is 4.87. The van der Waals surface area contributed by atoms with Crippen LogP contribution in [0.25, 0.3) is 0 Å². The molecule has 0 spiro atoms. The molecule has 0 fully saturated rings. The van der Waals surface area contributed by atoms with Crippen LogP contribution in [0.2, 0.25) is 18.1 Å². The summed E-state index contributed by atoms with van der Waals surface area (Å²) in [5.74, 6) is 0. The zero-order valence-electron chi connectivity index (χ0n) is 17.5. The largest absolute Gasteiger partial charge is 0.413 e. The summed E-state index contributed by atoms with van der Waals surface area (Å²) in [5, 5.41) is 0. The molecule has 0 N–H and O–H groups in total. The van der Waals surface area contributed by atoms with Crippen molar-refractivity contribution in [3.05, 3.63) is 23.3 Å². The molecule has 0 bridgehead atoms. The van der Waals surface area contributed by atoms with E-state index in [4.69, 9.17) is 4.43 Å². The van der Waals surface area contributed by atoms with Crippen LogP contribution in [0.3, 0.4) is 0 Å². The van der Waals surface area contributed by atoms with E-state index in [1.165, 1.54) is 74.2 Å². The lowest BCUT2D eigenvalue weighted by Crippen LogP contribution is -2.38. The minimum atomic E-state index is -1.53. The Balaban J connectivity index is 4.66. The maximum absolute atomic E-state index is 6.68. The summed E-state index contributed by atoms with van der Waals surface area (Å²) < 4.78 is 6.68. The molecule has 0 heterocycles. The van der Waals surface area contributed by atoms with Gasteiger partial charge >= 0.3 is 0 Å². The van der Waals surface area contributed by atoms with E-state index in [1.54, 1.807) is 0 Å². The van der Waals surface area contributed by atoms with Crippen LogP contribution in [0.4, 0.5) is 0 Å². The van der Waals surface area contributed by atoms with Gasteiger partial charge in [0, 0.05) is 0 Å². The maximum atomic E-state index is 6.68. The van der Waals surface area contributed by atoms with Gasteiger partial charge < -0.3 is 4.43 Å². The summed E-state index contributed by atoms with van der Waals surface area (Å²) in [7, 11) is -1.53. The highest BCUT2D eigenvalue weighted by molar-refractivity contribution is 6.73. The molecule has 0 rings (SSSR count). The Bertz CT molecular complexity index is 331. The Kier molecular flexibility index (Phi) is 14.7. The molecule has 0 aromatic rings. The highest BCUT2D eigenvalue weighted by atomic mass is 28.4. The Morgan fingerprint density at radius 2 is 1.29 bits per heavy atom. The van der Waals surface area contributed by atoms with Crippen molar-refractivity contribution in [2.24, 2.45) is 0 Å². The smallest absolute Gasteiger partial charge is 0.193 e. The second kappa shape index (κ2) is 15.0. The summed E-state index contributed by atoms with van der Waals surface area (Å²) >= 11 is 0. The molecule has 0 atom stereocenters. The molecule has 0 aliphatic rings. The second-order valence-electron chi connectivity index (χ2n) is 7.68. The van der Waals surface area contributed by atoms with Crippen LogP contribution in [0, 0.1) is 0 Å². The van der Waals surface area contributed by atoms with Crippen molar-refractivity contribution in [1.29, 1.82) is 0 Å². The first kappa shape index (κ1) is 23.7. The molecule has 24 heavy (non-hydrogen) atoms. The molecular formula is C22H44OSi. The Labute approximate surface area is 154 Å². The van der Waals surface area contributed by atoms with E-state index in [0.29, 0.717) is 0 Å². The number of hydrogen-bond donors (Lipinski definition) is 0. The summed E-state index contributed by atoms with van der Waals surface area (Å²) in [6.45, 7) is 14.4. The van der Waals surface area contributed by atoms with Crippen molar-refractivity contribution in [3.63, 3.8) is 0 Å². The van der Waals surface area contributed by atoms with Gasteiger partial charge in [0.1, 0.15) is 0 Å². The first-order valence-corrected chi connectivity index (χ1v) is 13.0. The van der Waals surface area contributed by atoms with Gasteiger partial charge in [-0.15, -0.1) is 0 Å². The van der Waals surface area contributed by atoms with Crippen LogP contribution >= 0.6 is 0 Å². The van der Waals surface area contributed by atoms with Crippen molar-refractivity contribution >= 4 is 8.32 Å². The summed E-state index contributed by atoms with van der Waals surface area (Å²) in [4.78, 5) is 0. The van der Waals surface area contributed by atoms with Crippen molar-refractivity contribution in [1.82, 2.24) is 0 Å². The van der Waals surface area contributed by atoms with E-state index in [0.717, 1.165) is 13.0 Å². The van der Waals surface area contributed by atoms with Gasteiger partial charge in [0.05, 0.1) is 6.61 Å². The van der Waals surface area contributed by atoms with Crippen LogP contribution in [-0.2, 0) is 4.43 Å². The number of hydrogen-bond acceptors (Lipinski definition) is 1. The highest BCUT2D eigenvalue weighted by Crippen LogP contribution is 2.29. The molecule has 1 nitrogen and oxygen atoms in total. The molecular weight excluding hydrogens is 308 g/mol. The van der Waals surface area contributed by atoms with Crippen molar-refractivity contribution < 1.29 is 4.43 Å². The van der Waals surface area contributed by atoms with Crippen LogP contribution in [0.5, 0.6) is 0 Å². The zero-order valence-corrected chi connectivity index (χ0v) is 18.5. The minimum Gasteiger partial charge on any atom is -0.413 e. The quantitative estimate of drug-likeness (QED) is 0.214. The average molecular weight is 353 g/mol. The van der Waals surface area contributed by atoms with Crippen molar-refractivity contribution in [3.8, 4) is 0 Å². The zero-order chi connectivity index (χ0) is 18.3. The lowest BCUT2D eigenvalue weighted by atomic mass is 10.1. The Hall–Kier alpha value is -0.343. The van der Waals surface area contributed by atoms with E-state index in [1.807, 2.05) is 0 Å². The van der Waals surface area contributed by atoms with Gasteiger partial charge in [-0.3, -0.25) is 0 Å². The molecule has 0 aromatic carbocycles. The molecule has 0 aromatic heterocycles. The average Bonchev–Trinajstić information content (AvgIpc) is 2.55. The van der Waals surface area contributed by atoms with E-state index >= 15 is 0 Å². The van der Waals surface area contributed by atoms with Gasteiger partial charge in [0.15, 0.2) is 8.32 Å². The fraction of sp³-hybridized carbons (Fsp3) is 0.818. The number of unbranched alkanes of at least 4 members (excludes halogenated alkanes) is 3. The Morgan fingerprint density at radius 1 is 0.792 bits per heavy atom. The fourth-order valence-electron chi connectivity index (χ4n) is 3.14. The fourth-order valence-corrected chi connectivity index (χ4v) is 7.75. The van der Waals surface area contributed by atoms with Gasteiger partial charge in [-0.1, -0.05) is 82.6 Å². The summed E-state index contributed by atoms with van der Waals surface area (Å²) in [6.07, 6.45) is 15.0. The summed E-state index contributed by atoms with van der Waals surface area (Å²) in [5.41, 5.74) is 2.90. The topological polar surface area (TPSA) is 9.23 Å². The monoisotopic (exact) mass is 352 g/mol. The van der Waals surface area contributed by atoms with Gasteiger partial charge in [-0.2, -0.15) is 0 Å². The minimum absolute atomic E-state index is 0.851. The van der Waals surface area contributed by atoms with Gasteiger partial charge in [-0.05, 0) is 51.7 Å². The predicted octanol–water partition coefficient (Wildman–Crippen LogP) is 8.04. The molecule has 0 aliphatic carbocycles. The highest BCUT2D eigenvalue weighted by Gasteiger charge is 2.32. The van der Waals surface area contributed by atoms with Gasteiger partial charge in [0.25, 0.3) is 0 Å². The normalized spacial score (nSPS) is 12.5. The number of allylic oxidation sites excluding steroid dienone is 3. The first-order chi connectivity index (χ1) is 11.5. The predicted molar refractivity (Wildman–Crippen MR) is 113 cm³/mol. The molecule has 2 heteroatoms. The van der Waals surface area contributed by atoms with Gasteiger partial charge in [0.2, 0.25) is 0 Å². The standard InChI is InChI=1S/C22H44OSi/c1-7-10-18-24(19-11-8-2,20-12-9-3)23-17-16-22(6)15-13-14-21(4)5/h14,16H,7-13,15,17-20H2,1-6H3/b22-16+. The van der Waals surface area contributed by atoms with Crippen molar-refractivity contribution in [2.75, 3.05) is 6.61 Å². The molecule has 0 amide bonds. The van der Waals surface area contributed by atoms with E-state index in [9.17, 15) is 0 Å². The van der Waals surface area contributed by atoms with E-state index < -0.39 is 8.32 Å². The second-order valence-corrected chi connectivity index (χ2v) is 11.8. The summed E-state index contributed by atoms with van der Waals surface area (Å²) in [6, 6.07) is 4.11. The molecule has 0 aliphatic heterocycles. The maximum Gasteiger partial charge on any atom is 0.193 e. The van der Waals surface area contributed by atoms with Crippen LogP contribution in [0.1, 0.15) is 92.9 Å². The van der Waals surface area contributed by atoms with E-state index in [2.05, 4.69) is 53.7 Å². The third-order valence-corrected chi connectivity index (χ3v) is 9.44. The molecule has 0 saturated carbocycles. The first-order valence-electron chi connectivity index (χ1n) is 10.4.